The smallest absolute Gasteiger partial charge is 0.391 e. The molecule has 210 valence electrons. The number of amides is 2. The molecule has 1 N–H and O–H groups in total. The van der Waals surface area contributed by atoms with Crippen LogP contribution in [-0.2, 0) is 6.18 Å². The van der Waals surface area contributed by atoms with Crippen LogP contribution in [0.1, 0.15) is 46.0 Å². The van der Waals surface area contributed by atoms with E-state index in [2.05, 4.69) is 15.3 Å². The molecular formula is C27H26F3N5O3S2. The second-order valence-corrected chi connectivity index (χ2v) is 12.3. The Bertz CT molecular complexity index is 1580. The van der Waals surface area contributed by atoms with E-state index in [0.29, 0.717) is 39.5 Å². The van der Waals surface area contributed by atoms with Crippen molar-refractivity contribution in [2.75, 3.05) is 13.1 Å². The van der Waals surface area contributed by atoms with Crippen molar-refractivity contribution in [3.8, 4) is 16.3 Å². The third-order valence-electron chi connectivity index (χ3n) is 7.74. The molecule has 40 heavy (non-hydrogen) atoms. The molecule has 2 fully saturated rings. The molecule has 4 aromatic rings. The Morgan fingerprint density at radius 1 is 1.15 bits per heavy atom. The minimum atomic E-state index is -4.44. The van der Waals surface area contributed by atoms with Crippen molar-refractivity contribution >= 4 is 39.6 Å². The van der Waals surface area contributed by atoms with Gasteiger partial charge in [0.1, 0.15) is 11.4 Å². The highest BCUT2D eigenvalue weighted by Gasteiger charge is 2.47. The van der Waals surface area contributed by atoms with Crippen LogP contribution in [0.5, 0.6) is 5.88 Å². The number of imidazole rings is 1. The van der Waals surface area contributed by atoms with Crippen LogP contribution in [0.4, 0.5) is 18.0 Å². The molecule has 0 radical (unpaired) electrons. The first-order chi connectivity index (χ1) is 19.1. The summed E-state index contributed by atoms with van der Waals surface area (Å²) in [5.41, 5.74) is 0.590. The van der Waals surface area contributed by atoms with Crippen molar-refractivity contribution in [2.45, 2.75) is 45.3 Å². The molecule has 1 aliphatic heterocycles. The molecule has 3 aromatic heterocycles. The summed E-state index contributed by atoms with van der Waals surface area (Å²) >= 11 is 2.72. The Morgan fingerprint density at radius 3 is 2.67 bits per heavy atom. The summed E-state index contributed by atoms with van der Waals surface area (Å²) in [6.07, 6.45) is -0.261. The number of alkyl halides is 3. The number of hydrogen-bond acceptors (Lipinski definition) is 7. The van der Waals surface area contributed by atoms with Gasteiger partial charge in [0, 0.05) is 24.7 Å². The van der Waals surface area contributed by atoms with Gasteiger partial charge in [-0.15, -0.1) is 22.7 Å². The summed E-state index contributed by atoms with van der Waals surface area (Å²) in [7, 11) is 0. The maximum absolute atomic E-state index is 13.9. The van der Waals surface area contributed by atoms with Crippen molar-refractivity contribution in [3.05, 3.63) is 57.8 Å². The minimum absolute atomic E-state index is 0.217. The third-order valence-corrected chi connectivity index (χ3v) is 9.52. The number of benzene rings is 1. The van der Waals surface area contributed by atoms with E-state index in [1.54, 1.807) is 29.3 Å². The van der Waals surface area contributed by atoms with E-state index in [-0.39, 0.29) is 30.1 Å². The lowest BCUT2D eigenvalue weighted by atomic mass is 9.94. The number of halogens is 3. The standard InChI is InChI=1S/C27H26F3N5O3S2/c1-14-24(34-10-11-39-25(34)32-14)38-26(37)31-12-20-19-5-3-4-17(19)13-35(20)23(36)21-22(40-15(2)33-21)16-6-8-18(9-7-16)27(28,29)30/h6-11,17,19-20H,3-5,12-13H2,1-2H3,(H,31,37)/t17-,19-,20+/m0/s1. The number of thiazole rings is 2. The molecule has 2 aliphatic rings. The monoisotopic (exact) mass is 589 g/mol. The first-order valence-electron chi connectivity index (χ1n) is 12.9. The van der Waals surface area contributed by atoms with E-state index < -0.39 is 17.8 Å². The SMILES string of the molecule is Cc1nc(C(=O)N2C[C@@H]3CCC[C@@H]3[C@H]2CNC(=O)Oc2c(C)nc3sccn23)c(-c2ccc(C(F)(F)F)cc2)s1. The molecule has 4 heterocycles. The maximum atomic E-state index is 13.9. The van der Waals surface area contributed by atoms with Gasteiger partial charge in [0.2, 0.25) is 5.88 Å². The first-order valence-corrected chi connectivity index (χ1v) is 14.6. The van der Waals surface area contributed by atoms with Gasteiger partial charge in [0.15, 0.2) is 4.96 Å². The molecule has 0 spiro atoms. The number of aromatic nitrogens is 3. The number of nitrogens with one attached hydrogen (secondary N) is 1. The molecule has 1 aromatic carbocycles. The summed E-state index contributed by atoms with van der Waals surface area (Å²) in [5.74, 6) is 0.633. The number of hydrogen-bond donors (Lipinski definition) is 1. The third kappa shape index (κ3) is 4.85. The average Bonchev–Trinajstić information content (AvgIpc) is 3.71. The van der Waals surface area contributed by atoms with E-state index in [1.165, 1.54) is 34.8 Å². The Hall–Kier alpha value is -3.45. The van der Waals surface area contributed by atoms with Crippen LogP contribution in [0.3, 0.4) is 0 Å². The Labute approximate surface area is 235 Å². The number of carbonyl (C=O) groups is 2. The van der Waals surface area contributed by atoms with Gasteiger partial charge in [-0.25, -0.2) is 14.8 Å². The second-order valence-electron chi connectivity index (χ2n) is 10.2. The van der Waals surface area contributed by atoms with Crippen molar-refractivity contribution in [3.63, 3.8) is 0 Å². The largest absolute Gasteiger partial charge is 0.416 e. The Morgan fingerprint density at radius 2 is 1.93 bits per heavy atom. The number of ether oxygens (including phenoxy) is 1. The van der Waals surface area contributed by atoms with E-state index in [0.717, 1.165) is 36.4 Å². The number of aryl methyl sites for hydroxylation is 2. The number of carbonyl (C=O) groups excluding carboxylic acids is 2. The molecule has 1 saturated heterocycles. The molecular weight excluding hydrogens is 563 g/mol. The van der Waals surface area contributed by atoms with Gasteiger partial charge in [-0.2, -0.15) is 13.2 Å². The number of rotatable bonds is 5. The van der Waals surface area contributed by atoms with Crippen LogP contribution in [0.2, 0.25) is 0 Å². The lowest BCUT2D eigenvalue weighted by Gasteiger charge is -2.28. The van der Waals surface area contributed by atoms with Gasteiger partial charge in [0.25, 0.3) is 5.91 Å². The molecule has 0 unspecified atom stereocenters. The normalized spacial score (nSPS) is 20.7. The maximum Gasteiger partial charge on any atom is 0.416 e. The fourth-order valence-electron chi connectivity index (χ4n) is 5.94. The lowest BCUT2D eigenvalue weighted by molar-refractivity contribution is -0.137. The zero-order valence-electron chi connectivity index (χ0n) is 21.7. The average molecular weight is 590 g/mol. The van der Waals surface area contributed by atoms with Crippen LogP contribution >= 0.6 is 22.7 Å². The number of likely N-dealkylation sites (tertiary alicyclic amines) is 1. The molecule has 6 rings (SSSR count). The molecule has 1 aliphatic carbocycles. The van der Waals surface area contributed by atoms with Crippen LogP contribution in [-0.4, -0.2) is 50.4 Å². The molecule has 1 saturated carbocycles. The molecule has 3 atom stereocenters. The van der Waals surface area contributed by atoms with Crippen molar-refractivity contribution < 1.29 is 27.5 Å². The van der Waals surface area contributed by atoms with Crippen molar-refractivity contribution in [1.29, 1.82) is 0 Å². The van der Waals surface area contributed by atoms with Crippen molar-refractivity contribution in [1.82, 2.24) is 24.6 Å². The van der Waals surface area contributed by atoms with E-state index in [1.807, 2.05) is 5.38 Å². The van der Waals surface area contributed by atoms with Crippen LogP contribution < -0.4 is 10.1 Å². The fraction of sp³-hybridized carbons (Fsp3) is 0.407. The van der Waals surface area contributed by atoms with E-state index >= 15 is 0 Å². The molecule has 8 nitrogen and oxygen atoms in total. The van der Waals surface area contributed by atoms with Crippen molar-refractivity contribution in [2.24, 2.45) is 11.8 Å². The van der Waals surface area contributed by atoms with E-state index in [9.17, 15) is 22.8 Å². The zero-order chi connectivity index (χ0) is 28.2. The minimum Gasteiger partial charge on any atom is -0.391 e. The topological polar surface area (TPSA) is 88.8 Å². The van der Waals surface area contributed by atoms with Gasteiger partial charge in [-0.3, -0.25) is 9.20 Å². The summed E-state index contributed by atoms with van der Waals surface area (Å²) in [4.78, 5) is 38.6. The predicted molar refractivity (Wildman–Crippen MR) is 145 cm³/mol. The van der Waals surface area contributed by atoms with Gasteiger partial charge in [-0.1, -0.05) is 18.6 Å². The highest BCUT2D eigenvalue weighted by atomic mass is 32.1. The highest BCUT2D eigenvalue weighted by molar-refractivity contribution is 7.15. The van der Waals surface area contributed by atoms with E-state index in [4.69, 9.17) is 4.74 Å². The molecule has 13 heteroatoms. The van der Waals surface area contributed by atoms with Gasteiger partial charge < -0.3 is 15.0 Å². The summed E-state index contributed by atoms with van der Waals surface area (Å²) < 4.78 is 46.6. The lowest BCUT2D eigenvalue weighted by Crippen LogP contribution is -2.46. The van der Waals surface area contributed by atoms with Crippen LogP contribution in [0, 0.1) is 25.7 Å². The first kappa shape index (κ1) is 26.8. The summed E-state index contributed by atoms with van der Waals surface area (Å²) in [6, 6.07) is 4.54. The zero-order valence-corrected chi connectivity index (χ0v) is 23.3. The molecule has 2 amide bonds. The van der Waals surface area contributed by atoms with Gasteiger partial charge >= 0.3 is 12.3 Å². The second kappa shape index (κ2) is 10.2. The molecule has 0 bridgehead atoms. The summed E-state index contributed by atoms with van der Waals surface area (Å²) in [5, 5.41) is 5.35. The number of fused-ring (bicyclic) bond motifs is 2. The van der Waals surface area contributed by atoms with Gasteiger partial charge in [-0.05, 0) is 56.2 Å². The quantitative estimate of drug-likeness (QED) is 0.300. The Balaban J connectivity index is 1.21. The van der Waals surface area contributed by atoms with Crippen LogP contribution in [0.25, 0.3) is 15.4 Å². The number of nitrogens with zero attached hydrogens (tertiary/aromatic N) is 4. The Kier molecular flexibility index (Phi) is 6.81. The van der Waals surface area contributed by atoms with Gasteiger partial charge in [0.05, 0.1) is 21.5 Å². The highest BCUT2D eigenvalue weighted by Crippen LogP contribution is 2.43. The summed E-state index contributed by atoms with van der Waals surface area (Å²) in [6.45, 7) is 4.30. The fourth-order valence-corrected chi connectivity index (χ4v) is 7.60. The van der Waals surface area contributed by atoms with Crippen LogP contribution in [0.15, 0.2) is 35.8 Å². The predicted octanol–water partition coefficient (Wildman–Crippen LogP) is 6.18.